The average molecular weight is 363 g/mol. The van der Waals surface area contributed by atoms with Crippen molar-refractivity contribution in [2.75, 3.05) is 0 Å². The predicted molar refractivity (Wildman–Crippen MR) is 93.6 cm³/mol. The zero-order chi connectivity index (χ0) is 17.1. The molecule has 0 spiro atoms. The lowest BCUT2D eigenvalue weighted by Gasteiger charge is -2.09. The topological polar surface area (TPSA) is 62.2 Å². The number of rotatable bonds is 4. The molecule has 1 fully saturated rings. The van der Waals surface area contributed by atoms with Crippen molar-refractivity contribution in [1.29, 1.82) is 5.41 Å². The van der Waals surface area contributed by atoms with Crippen LogP contribution in [0, 0.1) is 11.2 Å². The van der Waals surface area contributed by atoms with Crippen LogP contribution in [0.4, 0.5) is 4.39 Å². The predicted octanol–water partition coefficient (Wildman–Crippen LogP) is 4.20. The molecule has 0 aromatic heterocycles. The number of halogens is 2. The molecule has 1 saturated heterocycles. The molecule has 0 saturated carbocycles. The molecule has 0 aliphatic carbocycles. The second-order valence-corrected chi connectivity index (χ2v) is 6.41. The molecule has 0 unspecified atom stereocenters. The number of hydrogen-bond donors (Lipinski definition) is 2. The zero-order valence-corrected chi connectivity index (χ0v) is 13.9. The minimum Gasteiger partial charge on any atom is -0.489 e. The number of benzene rings is 2. The summed E-state index contributed by atoms with van der Waals surface area (Å²) in [6, 6.07) is 11.5. The molecule has 2 aromatic rings. The van der Waals surface area contributed by atoms with Gasteiger partial charge in [-0.3, -0.25) is 10.2 Å². The highest BCUT2D eigenvalue weighted by atomic mass is 35.5. The summed E-state index contributed by atoms with van der Waals surface area (Å²) in [6.07, 6.45) is 1.67. The van der Waals surface area contributed by atoms with Crippen LogP contribution in [0.1, 0.15) is 11.1 Å². The Bertz CT molecular complexity index is 834. The number of carbonyl (C=O) groups excluding carboxylic acids is 1. The van der Waals surface area contributed by atoms with Gasteiger partial charge in [0.2, 0.25) is 0 Å². The smallest absolute Gasteiger partial charge is 0.264 e. The van der Waals surface area contributed by atoms with Crippen LogP contribution in [0.15, 0.2) is 47.4 Å². The third-order valence-electron chi connectivity index (χ3n) is 3.26. The molecule has 3 rings (SSSR count). The standard InChI is InChI=1S/C17H12ClFN2O2S/c18-13-5-2-6-14(19)12(13)9-23-11-4-1-3-10(7-11)8-15-16(22)21-17(20)24-15/h1-8H,9H2,(H2,20,21,22). The van der Waals surface area contributed by atoms with Gasteiger partial charge in [-0.2, -0.15) is 0 Å². The molecule has 1 aliphatic rings. The number of nitrogens with one attached hydrogen (secondary N) is 2. The van der Waals surface area contributed by atoms with Crippen LogP contribution in [0.25, 0.3) is 6.08 Å². The molecule has 1 amide bonds. The van der Waals surface area contributed by atoms with E-state index in [1.54, 1.807) is 30.3 Å². The van der Waals surface area contributed by atoms with Gasteiger partial charge in [0, 0.05) is 5.56 Å². The van der Waals surface area contributed by atoms with E-state index in [-0.39, 0.29) is 17.7 Å². The zero-order valence-electron chi connectivity index (χ0n) is 12.3. The van der Waals surface area contributed by atoms with E-state index in [4.69, 9.17) is 21.7 Å². The SMILES string of the molecule is N=C1NC(=O)C(=Cc2cccc(OCc3c(F)cccc3Cl)c2)S1. The molecular weight excluding hydrogens is 351 g/mol. The maximum atomic E-state index is 13.7. The molecule has 0 radical (unpaired) electrons. The Kier molecular flexibility index (Phi) is 4.87. The first kappa shape index (κ1) is 16.5. The van der Waals surface area contributed by atoms with E-state index in [2.05, 4.69) is 5.32 Å². The summed E-state index contributed by atoms with van der Waals surface area (Å²) in [6.45, 7) is 0.00537. The minimum absolute atomic E-state index is 0.00537. The number of thioether (sulfide) groups is 1. The lowest BCUT2D eigenvalue weighted by atomic mass is 10.2. The van der Waals surface area contributed by atoms with E-state index < -0.39 is 5.82 Å². The van der Waals surface area contributed by atoms with E-state index in [0.717, 1.165) is 17.3 Å². The second-order valence-electron chi connectivity index (χ2n) is 4.96. The molecule has 2 N–H and O–H groups in total. The van der Waals surface area contributed by atoms with Gasteiger partial charge in [0.25, 0.3) is 5.91 Å². The first-order chi connectivity index (χ1) is 11.5. The fourth-order valence-corrected chi connectivity index (χ4v) is 3.03. The summed E-state index contributed by atoms with van der Waals surface area (Å²) in [5, 5.41) is 10.3. The lowest BCUT2D eigenvalue weighted by molar-refractivity contribution is -0.115. The normalized spacial score (nSPS) is 15.7. The first-order valence-corrected chi connectivity index (χ1v) is 8.17. The van der Waals surface area contributed by atoms with Gasteiger partial charge in [0.05, 0.1) is 9.93 Å². The van der Waals surface area contributed by atoms with Gasteiger partial charge in [-0.05, 0) is 47.7 Å². The van der Waals surface area contributed by atoms with Crippen molar-refractivity contribution >= 4 is 40.5 Å². The van der Waals surface area contributed by atoms with E-state index >= 15 is 0 Å². The molecule has 2 aromatic carbocycles. The summed E-state index contributed by atoms with van der Waals surface area (Å²) < 4.78 is 19.3. The molecular formula is C17H12ClFN2O2S. The molecule has 1 heterocycles. The van der Waals surface area contributed by atoms with Crippen LogP contribution in [0.5, 0.6) is 5.75 Å². The first-order valence-electron chi connectivity index (χ1n) is 6.98. The van der Waals surface area contributed by atoms with Gasteiger partial charge >= 0.3 is 0 Å². The van der Waals surface area contributed by atoms with Crippen LogP contribution < -0.4 is 10.1 Å². The van der Waals surface area contributed by atoms with Crippen molar-refractivity contribution in [1.82, 2.24) is 5.32 Å². The van der Waals surface area contributed by atoms with Crippen LogP contribution in [0.2, 0.25) is 5.02 Å². The Hall–Kier alpha value is -2.31. The van der Waals surface area contributed by atoms with Gasteiger partial charge in [-0.15, -0.1) is 0 Å². The fourth-order valence-electron chi connectivity index (χ4n) is 2.11. The largest absolute Gasteiger partial charge is 0.489 e. The van der Waals surface area contributed by atoms with Crippen molar-refractivity contribution in [2.45, 2.75) is 6.61 Å². The molecule has 1 aliphatic heterocycles. The Morgan fingerprint density at radius 1 is 1.29 bits per heavy atom. The van der Waals surface area contributed by atoms with Gasteiger partial charge < -0.3 is 10.1 Å². The Balaban J connectivity index is 1.75. The Labute approximate surface area is 147 Å². The van der Waals surface area contributed by atoms with E-state index in [1.165, 1.54) is 12.1 Å². The quantitative estimate of drug-likeness (QED) is 0.801. The fraction of sp³-hybridized carbons (Fsp3) is 0.0588. The summed E-state index contributed by atoms with van der Waals surface area (Å²) >= 11 is 7.04. The Morgan fingerprint density at radius 3 is 2.79 bits per heavy atom. The van der Waals surface area contributed by atoms with Gasteiger partial charge in [0.1, 0.15) is 18.2 Å². The third-order valence-corrected chi connectivity index (χ3v) is 4.45. The van der Waals surface area contributed by atoms with Crippen molar-refractivity contribution in [2.24, 2.45) is 0 Å². The summed E-state index contributed by atoms with van der Waals surface area (Å²) in [7, 11) is 0. The maximum absolute atomic E-state index is 13.7. The minimum atomic E-state index is -0.418. The summed E-state index contributed by atoms with van der Waals surface area (Å²) in [5.74, 6) is -0.185. The van der Waals surface area contributed by atoms with Crippen molar-refractivity contribution < 1.29 is 13.9 Å². The van der Waals surface area contributed by atoms with Gasteiger partial charge in [-0.1, -0.05) is 29.8 Å². The van der Waals surface area contributed by atoms with Crippen LogP contribution in [-0.2, 0) is 11.4 Å². The highest BCUT2D eigenvalue weighted by Gasteiger charge is 2.22. The maximum Gasteiger partial charge on any atom is 0.264 e. The van der Waals surface area contributed by atoms with Crippen LogP contribution in [-0.4, -0.2) is 11.1 Å². The van der Waals surface area contributed by atoms with E-state index in [1.807, 2.05) is 6.07 Å². The molecule has 4 nitrogen and oxygen atoms in total. The summed E-state index contributed by atoms with van der Waals surface area (Å²) in [4.78, 5) is 12.1. The molecule has 7 heteroatoms. The van der Waals surface area contributed by atoms with Crippen LogP contribution >= 0.6 is 23.4 Å². The third kappa shape index (κ3) is 3.77. The second kappa shape index (κ2) is 7.07. The number of amidine groups is 1. The van der Waals surface area contributed by atoms with E-state index in [9.17, 15) is 9.18 Å². The number of amides is 1. The lowest BCUT2D eigenvalue weighted by Crippen LogP contribution is -2.18. The van der Waals surface area contributed by atoms with Crippen LogP contribution in [0.3, 0.4) is 0 Å². The molecule has 0 atom stereocenters. The average Bonchev–Trinajstić information content (AvgIpc) is 2.85. The molecule has 0 bridgehead atoms. The number of ether oxygens (including phenoxy) is 1. The monoisotopic (exact) mass is 362 g/mol. The van der Waals surface area contributed by atoms with Crippen molar-refractivity contribution in [3.63, 3.8) is 0 Å². The number of hydrogen-bond acceptors (Lipinski definition) is 4. The van der Waals surface area contributed by atoms with E-state index in [0.29, 0.717) is 21.2 Å². The highest BCUT2D eigenvalue weighted by Crippen LogP contribution is 2.27. The highest BCUT2D eigenvalue weighted by molar-refractivity contribution is 8.18. The van der Waals surface area contributed by atoms with Gasteiger partial charge in [-0.25, -0.2) is 4.39 Å². The Morgan fingerprint density at radius 2 is 2.08 bits per heavy atom. The van der Waals surface area contributed by atoms with Crippen molar-refractivity contribution in [3.8, 4) is 5.75 Å². The molecule has 122 valence electrons. The van der Waals surface area contributed by atoms with Crippen molar-refractivity contribution in [3.05, 3.63) is 69.3 Å². The van der Waals surface area contributed by atoms with Gasteiger partial charge in [0.15, 0.2) is 5.17 Å². The molecule has 24 heavy (non-hydrogen) atoms. The number of carbonyl (C=O) groups is 1. The summed E-state index contributed by atoms with van der Waals surface area (Å²) in [5.41, 5.74) is 1.04.